The van der Waals surface area contributed by atoms with Crippen molar-refractivity contribution in [2.24, 2.45) is 11.7 Å². The minimum Gasteiger partial charge on any atom is -0.397 e. The second kappa shape index (κ2) is 5.57. The van der Waals surface area contributed by atoms with Gasteiger partial charge >= 0.3 is 0 Å². The van der Waals surface area contributed by atoms with Gasteiger partial charge in [0.05, 0.1) is 17.4 Å². The lowest BCUT2D eigenvalue weighted by molar-refractivity contribution is -0.119. The van der Waals surface area contributed by atoms with Crippen LogP contribution in [0.1, 0.15) is 24.8 Å². The molecule has 1 aliphatic heterocycles. The highest BCUT2D eigenvalue weighted by Crippen LogP contribution is 2.26. The first kappa shape index (κ1) is 13.1. The van der Waals surface area contributed by atoms with Crippen LogP contribution in [0.5, 0.6) is 0 Å². The summed E-state index contributed by atoms with van der Waals surface area (Å²) in [7, 11) is 0. The van der Waals surface area contributed by atoms with Gasteiger partial charge in [0.25, 0.3) is 0 Å². The highest BCUT2D eigenvalue weighted by atomic mass is 16.1. The number of pyridine rings is 1. The van der Waals surface area contributed by atoms with Crippen molar-refractivity contribution in [3.05, 3.63) is 17.8 Å². The van der Waals surface area contributed by atoms with E-state index in [1.807, 2.05) is 0 Å². The quantitative estimate of drug-likeness (QED) is 0.827. The molecule has 4 N–H and O–H groups in total. The van der Waals surface area contributed by atoms with Crippen LogP contribution < -0.4 is 16.4 Å². The second-order valence-corrected chi connectivity index (χ2v) is 4.85. The van der Waals surface area contributed by atoms with Crippen molar-refractivity contribution in [3.63, 3.8) is 0 Å². The van der Waals surface area contributed by atoms with Gasteiger partial charge in [-0.2, -0.15) is 5.26 Å². The summed E-state index contributed by atoms with van der Waals surface area (Å²) in [6.45, 7) is 1.56. The predicted molar refractivity (Wildman–Crippen MR) is 72.1 cm³/mol. The number of anilines is 2. The third-order valence-corrected chi connectivity index (χ3v) is 3.41. The average Bonchev–Trinajstić information content (AvgIpc) is 2.39. The number of carbonyl (C=O) groups excluding carboxylic acids is 1. The molecule has 6 heteroatoms. The topological polar surface area (TPSA) is 109 Å². The van der Waals surface area contributed by atoms with Crippen LogP contribution in [0.15, 0.2) is 12.3 Å². The van der Waals surface area contributed by atoms with E-state index in [1.165, 1.54) is 0 Å². The maximum atomic E-state index is 10.9. The Balaban J connectivity index is 2.06. The zero-order valence-corrected chi connectivity index (χ0v) is 10.7. The van der Waals surface area contributed by atoms with Crippen molar-refractivity contribution in [2.45, 2.75) is 19.3 Å². The molecule has 0 aromatic carbocycles. The van der Waals surface area contributed by atoms with Gasteiger partial charge in [-0.25, -0.2) is 4.98 Å². The average molecular weight is 259 g/mol. The lowest BCUT2D eigenvalue weighted by atomic mass is 9.93. The van der Waals surface area contributed by atoms with Gasteiger partial charge in [0.2, 0.25) is 5.91 Å². The van der Waals surface area contributed by atoms with Gasteiger partial charge in [0, 0.05) is 19.5 Å². The van der Waals surface area contributed by atoms with Crippen LogP contribution in [0.4, 0.5) is 11.5 Å². The van der Waals surface area contributed by atoms with Crippen LogP contribution in [0.2, 0.25) is 0 Å². The van der Waals surface area contributed by atoms with Crippen molar-refractivity contribution < 1.29 is 4.79 Å². The van der Waals surface area contributed by atoms with Crippen LogP contribution in [0, 0.1) is 17.2 Å². The minimum absolute atomic E-state index is 0.248. The largest absolute Gasteiger partial charge is 0.397 e. The summed E-state index contributed by atoms with van der Waals surface area (Å²) < 4.78 is 0. The Kier molecular flexibility index (Phi) is 3.85. The molecule has 6 nitrogen and oxygen atoms in total. The summed E-state index contributed by atoms with van der Waals surface area (Å²) in [4.78, 5) is 17.2. The molecular weight excluding hydrogens is 242 g/mol. The number of aromatic nitrogens is 1. The molecule has 0 radical (unpaired) electrons. The number of nitrogens with two attached hydrogens (primary N) is 2. The Labute approximate surface area is 112 Å². The van der Waals surface area contributed by atoms with Gasteiger partial charge in [-0.3, -0.25) is 4.79 Å². The van der Waals surface area contributed by atoms with E-state index in [9.17, 15) is 4.79 Å². The van der Waals surface area contributed by atoms with Crippen LogP contribution >= 0.6 is 0 Å². The Morgan fingerprint density at radius 3 is 2.79 bits per heavy atom. The molecule has 2 rings (SSSR count). The Morgan fingerprint density at radius 1 is 1.53 bits per heavy atom. The molecule has 1 amide bonds. The van der Waals surface area contributed by atoms with Crippen molar-refractivity contribution >= 4 is 17.4 Å². The van der Waals surface area contributed by atoms with Crippen molar-refractivity contribution in [2.75, 3.05) is 23.7 Å². The molecule has 1 saturated heterocycles. The molecule has 0 unspecified atom stereocenters. The number of nitriles is 1. The van der Waals surface area contributed by atoms with E-state index >= 15 is 0 Å². The van der Waals surface area contributed by atoms with Crippen molar-refractivity contribution in [1.82, 2.24) is 4.98 Å². The van der Waals surface area contributed by atoms with E-state index in [-0.39, 0.29) is 5.91 Å². The van der Waals surface area contributed by atoms with Gasteiger partial charge < -0.3 is 16.4 Å². The first-order valence-electron chi connectivity index (χ1n) is 6.29. The van der Waals surface area contributed by atoms with E-state index in [0.29, 0.717) is 29.4 Å². The standard InChI is InChI=1S/C13H17N5O/c14-7-10-6-11(15)8-17-13(10)18-3-1-9(2-4-18)5-12(16)19/h6,8-9H,1-5,15H2,(H2,16,19). The molecule has 1 fully saturated rings. The Hall–Kier alpha value is -2.29. The molecule has 19 heavy (non-hydrogen) atoms. The number of nitrogen functional groups attached to an aromatic ring is 1. The van der Waals surface area contributed by atoms with Crippen molar-refractivity contribution in [1.29, 1.82) is 5.26 Å². The molecular formula is C13H17N5O. The first-order valence-corrected chi connectivity index (χ1v) is 6.29. The Morgan fingerprint density at radius 2 is 2.21 bits per heavy atom. The molecule has 0 aliphatic carbocycles. The van der Waals surface area contributed by atoms with Crippen molar-refractivity contribution in [3.8, 4) is 6.07 Å². The third kappa shape index (κ3) is 3.13. The summed E-state index contributed by atoms with van der Waals surface area (Å²) in [6, 6.07) is 3.76. The SMILES string of the molecule is N#Cc1cc(N)cnc1N1CCC(CC(N)=O)CC1. The highest BCUT2D eigenvalue weighted by molar-refractivity contribution is 5.74. The lowest BCUT2D eigenvalue weighted by Crippen LogP contribution is -2.36. The number of rotatable bonds is 3. The van der Waals surface area contributed by atoms with Gasteiger partial charge in [0.15, 0.2) is 0 Å². The third-order valence-electron chi connectivity index (χ3n) is 3.41. The number of amides is 1. The lowest BCUT2D eigenvalue weighted by Gasteiger charge is -2.32. The van der Waals surface area contributed by atoms with E-state index in [4.69, 9.17) is 16.7 Å². The van der Waals surface area contributed by atoms with Gasteiger partial charge in [-0.05, 0) is 24.8 Å². The Bertz CT molecular complexity index is 514. The fourth-order valence-corrected chi connectivity index (χ4v) is 2.44. The normalized spacial score (nSPS) is 16.1. The van der Waals surface area contributed by atoms with Crippen LogP contribution in [-0.2, 0) is 4.79 Å². The number of hydrogen-bond donors (Lipinski definition) is 2. The second-order valence-electron chi connectivity index (χ2n) is 4.85. The highest BCUT2D eigenvalue weighted by Gasteiger charge is 2.23. The molecule has 0 saturated carbocycles. The molecule has 2 heterocycles. The molecule has 100 valence electrons. The zero-order valence-electron chi connectivity index (χ0n) is 10.7. The molecule has 1 aromatic heterocycles. The predicted octanol–water partition coefficient (Wildman–Crippen LogP) is 0.627. The van der Waals surface area contributed by atoms with E-state index in [2.05, 4.69) is 16.0 Å². The van der Waals surface area contributed by atoms with E-state index < -0.39 is 0 Å². The molecule has 0 bridgehead atoms. The van der Waals surface area contributed by atoms with Gasteiger partial charge in [-0.1, -0.05) is 0 Å². The molecule has 1 aromatic rings. The van der Waals surface area contributed by atoms with E-state index in [1.54, 1.807) is 12.3 Å². The molecule has 1 aliphatic rings. The summed E-state index contributed by atoms with van der Waals surface area (Å²) in [5.41, 5.74) is 11.8. The summed E-state index contributed by atoms with van der Waals surface area (Å²) >= 11 is 0. The number of hydrogen-bond acceptors (Lipinski definition) is 5. The number of nitrogens with zero attached hydrogens (tertiary/aromatic N) is 3. The number of piperidine rings is 1. The molecule has 0 spiro atoms. The number of primary amides is 1. The fraction of sp³-hybridized carbons (Fsp3) is 0.462. The van der Waals surface area contributed by atoms with Crippen LogP contribution in [0.25, 0.3) is 0 Å². The molecule has 0 atom stereocenters. The monoisotopic (exact) mass is 259 g/mol. The maximum Gasteiger partial charge on any atom is 0.217 e. The minimum atomic E-state index is -0.248. The smallest absolute Gasteiger partial charge is 0.217 e. The fourth-order valence-electron chi connectivity index (χ4n) is 2.44. The first-order chi connectivity index (χ1) is 9.10. The maximum absolute atomic E-state index is 10.9. The summed E-state index contributed by atoms with van der Waals surface area (Å²) in [5.74, 6) is 0.768. The summed E-state index contributed by atoms with van der Waals surface area (Å²) in [6.07, 6.45) is 3.78. The zero-order chi connectivity index (χ0) is 13.8. The summed E-state index contributed by atoms with van der Waals surface area (Å²) in [5, 5.41) is 9.11. The van der Waals surface area contributed by atoms with Gasteiger partial charge in [0.1, 0.15) is 11.9 Å². The van der Waals surface area contributed by atoms with E-state index in [0.717, 1.165) is 25.9 Å². The van der Waals surface area contributed by atoms with Crippen LogP contribution in [0.3, 0.4) is 0 Å². The van der Waals surface area contributed by atoms with Gasteiger partial charge in [-0.15, -0.1) is 0 Å². The van der Waals surface area contributed by atoms with Crippen LogP contribution in [-0.4, -0.2) is 24.0 Å². The number of carbonyl (C=O) groups is 1.